The van der Waals surface area contributed by atoms with Crippen LogP contribution < -0.4 is 19.1 Å². The van der Waals surface area contributed by atoms with Crippen LogP contribution in [0.4, 0.5) is 5.95 Å². The summed E-state index contributed by atoms with van der Waals surface area (Å²) < 4.78 is 16.6. The largest absolute Gasteiger partial charge is 0.507 e. The number of methoxy groups -OCH3 is 2. The lowest BCUT2D eigenvalue weighted by molar-refractivity contribution is -0.132. The van der Waals surface area contributed by atoms with E-state index in [1.807, 2.05) is 32.0 Å². The number of aliphatic hydroxyl groups is 1. The standard InChI is InChI=1S/C29H27N3O6/c1-16(2)38-19-9-7-8-18(14-19)26(33)24-25(17-12-13-22(36-3)23(15-17)37-4)32(28(35)27(24)34)29-30-20-10-5-6-11-21(20)31-29/h5-16,25,33H,1-4H3,(H,30,31)/b26-24+. The average Bonchev–Trinajstić information content (AvgIpc) is 3.46. The first-order chi connectivity index (χ1) is 18.3. The molecule has 1 atom stereocenters. The molecule has 0 radical (unpaired) electrons. The number of aromatic amines is 1. The van der Waals surface area contributed by atoms with Crippen molar-refractivity contribution in [3.63, 3.8) is 0 Å². The van der Waals surface area contributed by atoms with E-state index in [-0.39, 0.29) is 23.4 Å². The molecule has 0 saturated carbocycles. The van der Waals surface area contributed by atoms with Gasteiger partial charge in [-0.15, -0.1) is 0 Å². The zero-order valence-corrected chi connectivity index (χ0v) is 21.4. The summed E-state index contributed by atoms with van der Waals surface area (Å²) in [5, 5.41) is 11.5. The van der Waals surface area contributed by atoms with E-state index in [0.717, 1.165) is 0 Å². The molecule has 1 amide bonds. The molecule has 3 aromatic carbocycles. The lowest BCUT2D eigenvalue weighted by Crippen LogP contribution is -2.30. The van der Waals surface area contributed by atoms with Crippen molar-refractivity contribution in [2.45, 2.75) is 26.0 Å². The predicted octanol–water partition coefficient (Wildman–Crippen LogP) is 4.99. The molecule has 5 rings (SSSR count). The Balaban J connectivity index is 1.72. The van der Waals surface area contributed by atoms with Crippen LogP contribution in [0, 0.1) is 0 Å². The van der Waals surface area contributed by atoms with Crippen LogP contribution in [0.25, 0.3) is 16.8 Å². The Morgan fingerprint density at radius 2 is 1.74 bits per heavy atom. The van der Waals surface area contributed by atoms with Gasteiger partial charge in [0.05, 0.1) is 43.0 Å². The minimum Gasteiger partial charge on any atom is -0.507 e. The Morgan fingerprint density at radius 1 is 0.974 bits per heavy atom. The first kappa shape index (κ1) is 24.9. The number of fused-ring (bicyclic) bond motifs is 1. The summed E-state index contributed by atoms with van der Waals surface area (Å²) in [5.74, 6) is -0.376. The first-order valence-electron chi connectivity index (χ1n) is 12.1. The number of rotatable bonds is 7. The lowest BCUT2D eigenvalue weighted by atomic mass is 9.95. The highest BCUT2D eigenvalue weighted by Gasteiger charge is 2.48. The quantitative estimate of drug-likeness (QED) is 0.203. The molecule has 9 nitrogen and oxygen atoms in total. The van der Waals surface area contributed by atoms with Crippen molar-refractivity contribution < 1.29 is 28.9 Å². The van der Waals surface area contributed by atoms with Crippen LogP contribution >= 0.6 is 0 Å². The molecule has 0 spiro atoms. The lowest BCUT2D eigenvalue weighted by Gasteiger charge is -2.24. The van der Waals surface area contributed by atoms with Crippen molar-refractivity contribution in [1.82, 2.24) is 9.97 Å². The second kappa shape index (κ2) is 9.93. The highest BCUT2D eigenvalue weighted by Crippen LogP contribution is 2.44. The number of nitrogens with one attached hydrogen (secondary N) is 1. The number of carbonyl (C=O) groups excluding carboxylic acids is 2. The van der Waals surface area contributed by atoms with E-state index in [9.17, 15) is 14.7 Å². The molecular weight excluding hydrogens is 486 g/mol. The number of Topliss-reactive ketones (excluding diaryl/α,β-unsaturated/α-hetero) is 1. The molecule has 1 fully saturated rings. The minimum absolute atomic E-state index is 0.0793. The van der Waals surface area contributed by atoms with Crippen molar-refractivity contribution in [2.75, 3.05) is 19.1 Å². The first-order valence-corrected chi connectivity index (χ1v) is 12.1. The highest BCUT2D eigenvalue weighted by atomic mass is 16.5. The Labute approximate surface area is 219 Å². The van der Waals surface area contributed by atoms with Gasteiger partial charge in [0.2, 0.25) is 5.95 Å². The maximum absolute atomic E-state index is 13.5. The Morgan fingerprint density at radius 3 is 2.45 bits per heavy atom. The smallest absolute Gasteiger partial charge is 0.302 e. The fourth-order valence-electron chi connectivity index (χ4n) is 4.59. The Kier molecular flexibility index (Phi) is 6.50. The van der Waals surface area contributed by atoms with Crippen LogP contribution in [0.2, 0.25) is 0 Å². The Bertz CT molecular complexity index is 1540. The zero-order valence-electron chi connectivity index (χ0n) is 21.4. The van der Waals surface area contributed by atoms with Gasteiger partial charge >= 0.3 is 5.91 Å². The SMILES string of the molecule is COc1ccc(C2/C(=C(\O)c3cccc(OC(C)C)c3)C(=O)C(=O)N2c2nc3ccccc3[nH]2)cc1OC. The van der Waals surface area contributed by atoms with E-state index in [4.69, 9.17) is 14.2 Å². The predicted molar refractivity (Wildman–Crippen MR) is 143 cm³/mol. The molecule has 9 heteroatoms. The highest BCUT2D eigenvalue weighted by molar-refractivity contribution is 6.51. The van der Waals surface area contributed by atoms with Gasteiger partial charge in [-0.05, 0) is 55.8 Å². The molecule has 2 N–H and O–H groups in total. The van der Waals surface area contributed by atoms with E-state index in [1.54, 1.807) is 48.5 Å². The van der Waals surface area contributed by atoms with Crippen LogP contribution in [-0.4, -0.2) is 47.1 Å². The molecule has 0 bridgehead atoms. The van der Waals surface area contributed by atoms with E-state index < -0.39 is 17.7 Å². The zero-order chi connectivity index (χ0) is 27.0. The third-order valence-corrected chi connectivity index (χ3v) is 6.25. The molecule has 1 saturated heterocycles. The number of hydrogen-bond acceptors (Lipinski definition) is 7. The molecule has 0 aliphatic carbocycles. The number of carbonyl (C=O) groups is 2. The summed E-state index contributed by atoms with van der Waals surface area (Å²) >= 11 is 0. The number of nitrogens with zero attached hydrogens (tertiary/aromatic N) is 2. The maximum Gasteiger partial charge on any atom is 0.302 e. The molecule has 2 heterocycles. The van der Waals surface area contributed by atoms with Gasteiger partial charge < -0.3 is 24.3 Å². The summed E-state index contributed by atoms with van der Waals surface area (Å²) in [5.41, 5.74) is 2.13. The Hall–Kier alpha value is -4.79. The van der Waals surface area contributed by atoms with Crippen molar-refractivity contribution in [3.8, 4) is 17.2 Å². The molecule has 1 aromatic heterocycles. The summed E-state index contributed by atoms with van der Waals surface area (Å²) in [4.78, 5) is 36.0. The van der Waals surface area contributed by atoms with Gasteiger partial charge in [0.25, 0.3) is 5.78 Å². The molecule has 38 heavy (non-hydrogen) atoms. The monoisotopic (exact) mass is 513 g/mol. The average molecular weight is 514 g/mol. The number of para-hydroxylation sites is 2. The molecule has 1 aliphatic heterocycles. The van der Waals surface area contributed by atoms with Gasteiger partial charge in [-0.25, -0.2) is 4.98 Å². The minimum atomic E-state index is -0.995. The molecule has 4 aromatic rings. The molecule has 194 valence electrons. The van der Waals surface area contributed by atoms with Gasteiger partial charge in [0.1, 0.15) is 11.5 Å². The number of amides is 1. The third kappa shape index (κ3) is 4.32. The van der Waals surface area contributed by atoms with Gasteiger partial charge in [-0.1, -0.05) is 30.3 Å². The van der Waals surface area contributed by atoms with Crippen LogP contribution in [0.3, 0.4) is 0 Å². The van der Waals surface area contributed by atoms with Crippen molar-refractivity contribution in [2.24, 2.45) is 0 Å². The number of ether oxygens (including phenoxy) is 3. The van der Waals surface area contributed by atoms with Crippen molar-refractivity contribution in [1.29, 1.82) is 0 Å². The van der Waals surface area contributed by atoms with Crippen LogP contribution in [-0.2, 0) is 9.59 Å². The number of imidazole rings is 1. The second-order valence-electron chi connectivity index (χ2n) is 9.06. The van der Waals surface area contributed by atoms with Crippen LogP contribution in [0.15, 0.2) is 72.3 Å². The van der Waals surface area contributed by atoms with Crippen LogP contribution in [0.1, 0.15) is 31.0 Å². The summed E-state index contributed by atoms with van der Waals surface area (Å²) in [7, 11) is 3.02. The number of ketones is 1. The summed E-state index contributed by atoms with van der Waals surface area (Å²) in [6, 6.07) is 18.2. The number of H-pyrrole nitrogens is 1. The fourth-order valence-corrected chi connectivity index (χ4v) is 4.59. The van der Waals surface area contributed by atoms with Gasteiger partial charge in [0.15, 0.2) is 11.5 Å². The van der Waals surface area contributed by atoms with E-state index >= 15 is 0 Å². The van der Waals surface area contributed by atoms with E-state index in [1.165, 1.54) is 19.1 Å². The van der Waals surface area contributed by atoms with Crippen molar-refractivity contribution in [3.05, 3.63) is 83.4 Å². The normalized spacial score (nSPS) is 16.9. The number of hydrogen-bond donors (Lipinski definition) is 2. The maximum atomic E-state index is 13.5. The topological polar surface area (TPSA) is 114 Å². The van der Waals surface area contributed by atoms with E-state index in [0.29, 0.717) is 39.4 Å². The van der Waals surface area contributed by atoms with Crippen molar-refractivity contribution >= 4 is 34.4 Å². The fraction of sp³-hybridized carbons (Fsp3) is 0.207. The molecule has 1 aliphatic rings. The number of aliphatic hydroxyl groups excluding tert-OH is 1. The number of anilines is 1. The molecular formula is C29H27N3O6. The summed E-state index contributed by atoms with van der Waals surface area (Å²) in [6.45, 7) is 3.78. The third-order valence-electron chi connectivity index (χ3n) is 6.25. The summed E-state index contributed by atoms with van der Waals surface area (Å²) in [6.07, 6.45) is -0.0853. The molecule has 1 unspecified atom stereocenters. The van der Waals surface area contributed by atoms with Gasteiger partial charge in [0, 0.05) is 5.56 Å². The number of benzene rings is 3. The van der Waals surface area contributed by atoms with Gasteiger partial charge in [-0.3, -0.25) is 14.5 Å². The van der Waals surface area contributed by atoms with Crippen LogP contribution in [0.5, 0.6) is 17.2 Å². The second-order valence-corrected chi connectivity index (χ2v) is 9.06. The van der Waals surface area contributed by atoms with E-state index in [2.05, 4.69) is 9.97 Å². The number of aromatic nitrogens is 2. The van der Waals surface area contributed by atoms with Gasteiger partial charge in [-0.2, -0.15) is 0 Å².